The molecule has 0 bridgehead atoms. The Bertz CT molecular complexity index is 274. The standard InChI is InChI=1S/C8H12N2O2/c1-2-6-7(9)4-3-5-8(6)10(11)12/h3-5,11-12H,2,9H2,1H3. The summed E-state index contributed by atoms with van der Waals surface area (Å²) in [5.74, 6) is 0. The highest BCUT2D eigenvalue weighted by molar-refractivity contribution is 5.62. The predicted octanol–water partition coefficient (Wildman–Crippen LogP) is 1.42. The average molecular weight is 168 g/mol. The Morgan fingerprint density at radius 3 is 2.50 bits per heavy atom. The molecule has 0 fully saturated rings. The van der Waals surface area contributed by atoms with E-state index in [1.165, 1.54) is 0 Å². The van der Waals surface area contributed by atoms with E-state index < -0.39 is 0 Å². The zero-order valence-corrected chi connectivity index (χ0v) is 6.86. The third-order valence-electron chi connectivity index (χ3n) is 1.76. The van der Waals surface area contributed by atoms with E-state index in [2.05, 4.69) is 0 Å². The number of benzene rings is 1. The first kappa shape index (κ1) is 8.83. The molecular weight excluding hydrogens is 156 g/mol. The van der Waals surface area contributed by atoms with Gasteiger partial charge in [0, 0.05) is 11.3 Å². The van der Waals surface area contributed by atoms with Gasteiger partial charge in [-0.2, -0.15) is 0 Å². The lowest BCUT2D eigenvalue weighted by atomic mass is 10.1. The number of rotatable bonds is 2. The smallest absolute Gasteiger partial charge is 0.0995 e. The van der Waals surface area contributed by atoms with Crippen molar-refractivity contribution in [3.63, 3.8) is 0 Å². The van der Waals surface area contributed by atoms with Crippen molar-refractivity contribution in [3.8, 4) is 0 Å². The molecule has 0 aliphatic rings. The number of hydrogen-bond donors (Lipinski definition) is 3. The van der Waals surface area contributed by atoms with Crippen molar-refractivity contribution >= 4 is 11.4 Å². The quantitative estimate of drug-likeness (QED) is 0.461. The fourth-order valence-corrected chi connectivity index (χ4v) is 1.16. The van der Waals surface area contributed by atoms with Gasteiger partial charge >= 0.3 is 0 Å². The first-order valence-electron chi connectivity index (χ1n) is 3.72. The van der Waals surface area contributed by atoms with Gasteiger partial charge in [-0.15, -0.1) is 5.23 Å². The molecule has 1 aromatic carbocycles. The summed E-state index contributed by atoms with van der Waals surface area (Å²) >= 11 is 0. The number of hydrogen-bond acceptors (Lipinski definition) is 4. The van der Waals surface area contributed by atoms with Crippen LogP contribution in [0.15, 0.2) is 18.2 Å². The van der Waals surface area contributed by atoms with Gasteiger partial charge in [-0.1, -0.05) is 13.0 Å². The Labute approximate surface area is 70.8 Å². The Balaban J connectivity index is 3.18. The van der Waals surface area contributed by atoms with Crippen LogP contribution in [0, 0.1) is 0 Å². The van der Waals surface area contributed by atoms with Crippen LogP contribution in [-0.4, -0.2) is 10.4 Å². The maximum Gasteiger partial charge on any atom is 0.0995 e. The molecule has 4 heteroatoms. The van der Waals surface area contributed by atoms with Crippen LogP contribution >= 0.6 is 0 Å². The molecule has 0 aliphatic carbocycles. The maximum atomic E-state index is 8.79. The maximum absolute atomic E-state index is 8.79. The lowest BCUT2D eigenvalue weighted by Crippen LogP contribution is -2.14. The minimum Gasteiger partial charge on any atom is -0.398 e. The molecule has 0 atom stereocenters. The van der Waals surface area contributed by atoms with E-state index in [1.807, 2.05) is 6.92 Å². The van der Waals surface area contributed by atoms with Gasteiger partial charge in [-0.3, -0.25) is 10.4 Å². The highest BCUT2D eigenvalue weighted by atomic mass is 16.8. The van der Waals surface area contributed by atoms with Crippen LogP contribution in [0.5, 0.6) is 0 Å². The minimum atomic E-state index is 0.0925. The summed E-state index contributed by atoms with van der Waals surface area (Å²) in [5.41, 5.74) is 7.26. The summed E-state index contributed by atoms with van der Waals surface area (Å²) in [6.45, 7) is 1.90. The Kier molecular flexibility index (Phi) is 2.52. The first-order chi connectivity index (χ1) is 5.66. The molecule has 0 spiro atoms. The number of nitrogens with zero attached hydrogens (tertiary/aromatic N) is 1. The molecule has 0 heterocycles. The summed E-state index contributed by atoms with van der Waals surface area (Å²) in [7, 11) is 0. The van der Waals surface area contributed by atoms with Crippen LogP contribution in [0.1, 0.15) is 12.5 Å². The minimum absolute atomic E-state index is 0.0925. The Morgan fingerprint density at radius 2 is 2.08 bits per heavy atom. The molecule has 0 unspecified atom stereocenters. The molecule has 1 rings (SSSR count). The zero-order valence-electron chi connectivity index (χ0n) is 6.86. The molecule has 0 amide bonds. The normalized spacial score (nSPS) is 9.92. The first-order valence-corrected chi connectivity index (χ1v) is 3.72. The van der Waals surface area contributed by atoms with Gasteiger partial charge in [-0.05, 0) is 18.6 Å². The number of nitrogens with two attached hydrogens (primary N) is 1. The van der Waals surface area contributed by atoms with Gasteiger partial charge in [0.15, 0.2) is 0 Å². The van der Waals surface area contributed by atoms with E-state index in [0.717, 1.165) is 5.56 Å². The van der Waals surface area contributed by atoms with Crippen molar-refractivity contribution in [3.05, 3.63) is 23.8 Å². The number of anilines is 2. The van der Waals surface area contributed by atoms with Crippen LogP contribution in [0.3, 0.4) is 0 Å². The Hall–Kier alpha value is -1.26. The van der Waals surface area contributed by atoms with E-state index in [9.17, 15) is 0 Å². The predicted molar refractivity (Wildman–Crippen MR) is 46.3 cm³/mol. The zero-order chi connectivity index (χ0) is 9.14. The molecule has 66 valence electrons. The van der Waals surface area contributed by atoms with Gasteiger partial charge in [0.25, 0.3) is 0 Å². The molecular formula is C8H12N2O2. The van der Waals surface area contributed by atoms with E-state index >= 15 is 0 Å². The number of nitrogen functional groups attached to an aromatic ring is 1. The fourth-order valence-electron chi connectivity index (χ4n) is 1.16. The molecule has 0 aromatic heterocycles. The molecule has 4 N–H and O–H groups in total. The topological polar surface area (TPSA) is 69.7 Å². The summed E-state index contributed by atoms with van der Waals surface area (Å²) < 4.78 is 0. The average Bonchev–Trinajstić information content (AvgIpc) is 2.03. The van der Waals surface area contributed by atoms with E-state index in [1.54, 1.807) is 18.2 Å². The molecule has 0 saturated carbocycles. The second kappa shape index (κ2) is 3.42. The fraction of sp³-hybridized carbons (Fsp3) is 0.250. The van der Waals surface area contributed by atoms with Crippen LogP contribution in [0.25, 0.3) is 0 Å². The van der Waals surface area contributed by atoms with E-state index in [0.29, 0.717) is 17.8 Å². The van der Waals surface area contributed by atoms with Crippen molar-refractivity contribution in [2.45, 2.75) is 13.3 Å². The monoisotopic (exact) mass is 168 g/mol. The van der Waals surface area contributed by atoms with Gasteiger partial charge in [0.2, 0.25) is 0 Å². The second-order valence-electron chi connectivity index (χ2n) is 2.49. The van der Waals surface area contributed by atoms with Crippen molar-refractivity contribution in [2.75, 3.05) is 11.0 Å². The lowest BCUT2D eigenvalue weighted by Gasteiger charge is -2.13. The van der Waals surface area contributed by atoms with Crippen LogP contribution in [0.4, 0.5) is 11.4 Å². The highest BCUT2D eigenvalue weighted by Gasteiger charge is 2.07. The molecule has 0 saturated heterocycles. The van der Waals surface area contributed by atoms with Gasteiger partial charge in [0.1, 0.15) is 0 Å². The molecule has 1 aromatic rings. The summed E-state index contributed by atoms with van der Waals surface area (Å²) in [5, 5.41) is 17.7. The summed E-state index contributed by atoms with van der Waals surface area (Å²) in [4.78, 5) is 0. The summed E-state index contributed by atoms with van der Waals surface area (Å²) in [6, 6.07) is 4.99. The van der Waals surface area contributed by atoms with Crippen molar-refractivity contribution < 1.29 is 10.4 Å². The molecule has 4 nitrogen and oxygen atoms in total. The summed E-state index contributed by atoms with van der Waals surface area (Å²) in [6.07, 6.45) is 0.666. The van der Waals surface area contributed by atoms with Gasteiger partial charge < -0.3 is 5.73 Å². The van der Waals surface area contributed by atoms with Gasteiger partial charge in [0.05, 0.1) is 5.69 Å². The van der Waals surface area contributed by atoms with Gasteiger partial charge in [-0.25, -0.2) is 0 Å². The molecule has 12 heavy (non-hydrogen) atoms. The van der Waals surface area contributed by atoms with Crippen molar-refractivity contribution in [1.29, 1.82) is 0 Å². The molecule has 0 aliphatic heterocycles. The molecule has 0 radical (unpaired) electrons. The largest absolute Gasteiger partial charge is 0.398 e. The SMILES string of the molecule is CCc1c(N)cccc1N(O)O. The third kappa shape index (κ3) is 1.49. The second-order valence-corrected chi connectivity index (χ2v) is 2.49. The van der Waals surface area contributed by atoms with Crippen molar-refractivity contribution in [2.24, 2.45) is 0 Å². The van der Waals surface area contributed by atoms with E-state index in [4.69, 9.17) is 16.1 Å². The lowest BCUT2D eigenvalue weighted by molar-refractivity contribution is 0.0287. The van der Waals surface area contributed by atoms with Crippen LogP contribution in [-0.2, 0) is 6.42 Å². The van der Waals surface area contributed by atoms with E-state index in [-0.39, 0.29) is 5.23 Å². The van der Waals surface area contributed by atoms with Crippen LogP contribution < -0.4 is 11.0 Å². The highest BCUT2D eigenvalue weighted by Crippen LogP contribution is 2.23. The Morgan fingerprint density at radius 1 is 1.42 bits per heavy atom. The van der Waals surface area contributed by atoms with Crippen molar-refractivity contribution in [1.82, 2.24) is 0 Å². The van der Waals surface area contributed by atoms with Crippen LogP contribution in [0.2, 0.25) is 0 Å². The third-order valence-corrected chi connectivity index (χ3v) is 1.76.